The summed E-state index contributed by atoms with van der Waals surface area (Å²) in [7, 11) is 1.29. The van der Waals surface area contributed by atoms with Crippen LogP contribution < -0.4 is 0 Å². The maximum Gasteiger partial charge on any atom is 0.337 e. The number of halogens is 4. The van der Waals surface area contributed by atoms with Gasteiger partial charge in [-0.15, -0.1) is 0 Å². The number of hydrogen-bond donors (Lipinski definition) is 0. The van der Waals surface area contributed by atoms with Crippen LogP contribution in [0.1, 0.15) is 60.3 Å². The summed E-state index contributed by atoms with van der Waals surface area (Å²) in [6, 6.07) is 16.0. The number of carbonyl (C=O) groups excluding carboxylic acids is 2. The molecule has 0 unspecified atom stereocenters. The Morgan fingerprint density at radius 3 is 2.40 bits per heavy atom. The highest BCUT2D eigenvalue weighted by Gasteiger charge is 2.59. The molecule has 218 valence electrons. The monoisotopic (exact) mass is 610 g/mol. The molecule has 3 aromatic carbocycles. The van der Waals surface area contributed by atoms with E-state index in [-0.39, 0.29) is 33.1 Å². The molecule has 4 rings (SSSR count). The first-order valence-corrected chi connectivity index (χ1v) is 14.1. The lowest BCUT2D eigenvalue weighted by Crippen LogP contribution is -2.40. The molecule has 0 spiro atoms. The third-order valence-corrected chi connectivity index (χ3v) is 8.06. The average Bonchev–Trinajstić information content (AvgIpc) is 3.25. The molecule has 0 aliphatic carbocycles. The minimum atomic E-state index is -1.67. The standard InChI is InChI=1S/C33H30Cl2F2N2O3/c1-32(2,3)17-22-18-39(28(40)15-10-20-8-11-21(12-9-20)31(41)42-4)30(24-6-5-7-26(35)29(24)37)33(22,19-38)25-14-13-23(34)16-27(25)36/h5-16,22,30H,17-18H2,1-4H3/t22-,30-,33-/m1/s1. The second kappa shape index (κ2) is 12.2. The fourth-order valence-corrected chi connectivity index (χ4v) is 6.14. The first kappa shape index (κ1) is 31.2. The predicted molar refractivity (Wildman–Crippen MR) is 159 cm³/mol. The summed E-state index contributed by atoms with van der Waals surface area (Å²) in [5.74, 6) is -3.06. The van der Waals surface area contributed by atoms with E-state index in [1.165, 1.54) is 42.4 Å². The van der Waals surface area contributed by atoms with Crippen molar-refractivity contribution in [1.82, 2.24) is 4.90 Å². The number of hydrogen-bond acceptors (Lipinski definition) is 4. The van der Waals surface area contributed by atoms with Crippen LogP contribution in [0.3, 0.4) is 0 Å². The number of carbonyl (C=O) groups is 2. The molecule has 5 nitrogen and oxygen atoms in total. The van der Waals surface area contributed by atoms with E-state index in [1.54, 1.807) is 36.4 Å². The Bertz CT molecular complexity index is 1580. The van der Waals surface area contributed by atoms with Crippen molar-refractivity contribution in [2.75, 3.05) is 13.7 Å². The van der Waals surface area contributed by atoms with E-state index in [0.717, 1.165) is 6.07 Å². The Morgan fingerprint density at radius 2 is 1.81 bits per heavy atom. The molecule has 0 radical (unpaired) electrons. The summed E-state index contributed by atoms with van der Waals surface area (Å²) in [6.07, 6.45) is 3.31. The van der Waals surface area contributed by atoms with Crippen molar-refractivity contribution in [3.05, 3.63) is 111 Å². The quantitative estimate of drug-likeness (QED) is 0.208. The van der Waals surface area contributed by atoms with Crippen LogP contribution in [0.15, 0.2) is 66.7 Å². The number of methoxy groups -OCH3 is 1. The Morgan fingerprint density at radius 1 is 1.12 bits per heavy atom. The van der Waals surface area contributed by atoms with Gasteiger partial charge in [-0.1, -0.05) is 74.3 Å². The van der Waals surface area contributed by atoms with Crippen molar-refractivity contribution in [2.24, 2.45) is 11.3 Å². The van der Waals surface area contributed by atoms with Crippen LogP contribution >= 0.6 is 23.2 Å². The number of nitriles is 1. The lowest BCUT2D eigenvalue weighted by Gasteiger charge is -2.38. The molecule has 0 aromatic heterocycles. The molecule has 42 heavy (non-hydrogen) atoms. The zero-order chi connectivity index (χ0) is 30.8. The molecule has 1 heterocycles. The molecule has 1 fully saturated rings. The summed E-state index contributed by atoms with van der Waals surface area (Å²) < 4.78 is 36.2. The van der Waals surface area contributed by atoms with Gasteiger partial charge in [0.1, 0.15) is 17.0 Å². The summed E-state index contributed by atoms with van der Waals surface area (Å²) in [5.41, 5.74) is -0.958. The van der Waals surface area contributed by atoms with Gasteiger partial charge in [0.05, 0.1) is 29.8 Å². The van der Waals surface area contributed by atoms with Crippen molar-refractivity contribution in [3.8, 4) is 6.07 Å². The fraction of sp³-hybridized carbons (Fsp3) is 0.303. The maximum atomic E-state index is 15.7. The third kappa shape index (κ3) is 6.06. The van der Waals surface area contributed by atoms with Gasteiger partial charge in [0.25, 0.3) is 0 Å². The van der Waals surface area contributed by atoms with Gasteiger partial charge in [-0.25, -0.2) is 13.6 Å². The second-order valence-corrected chi connectivity index (χ2v) is 12.4. The number of amides is 1. The van der Waals surface area contributed by atoms with E-state index in [4.69, 9.17) is 27.9 Å². The normalized spacial score (nSPS) is 20.5. The topological polar surface area (TPSA) is 70.4 Å². The van der Waals surface area contributed by atoms with Crippen molar-refractivity contribution in [3.63, 3.8) is 0 Å². The Balaban J connectivity index is 1.88. The molecule has 1 aliphatic rings. The van der Waals surface area contributed by atoms with Gasteiger partial charge in [0.2, 0.25) is 5.91 Å². The summed E-state index contributed by atoms with van der Waals surface area (Å²) in [5, 5.41) is 10.9. The lowest BCUT2D eigenvalue weighted by molar-refractivity contribution is -0.127. The zero-order valence-corrected chi connectivity index (χ0v) is 25.1. The molecule has 0 saturated carbocycles. The van der Waals surface area contributed by atoms with Gasteiger partial charge >= 0.3 is 5.97 Å². The van der Waals surface area contributed by atoms with Crippen LogP contribution in [0.25, 0.3) is 6.08 Å². The van der Waals surface area contributed by atoms with Crippen LogP contribution in [0, 0.1) is 34.3 Å². The van der Waals surface area contributed by atoms with Crippen molar-refractivity contribution < 1.29 is 23.1 Å². The molecule has 0 bridgehead atoms. The Labute approximate surface area is 254 Å². The Kier molecular flexibility index (Phi) is 9.10. The first-order chi connectivity index (χ1) is 19.8. The van der Waals surface area contributed by atoms with Gasteiger partial charge in [-0.3, -0.25) is 4.79 Å². The highest BCUT2D eigenvalue weighted by Crippen LogP contribution is 2.56. The summed E-state index contributed by atoms with van der Waals surface area (Å²) in [6.45, 7) is 6.04. The van der Waals surface area contributed by atoms with Crippen molar-refractivity contribution in [1.29, 1.82) is 5.26 Å². The van der Waals surface area contributed by atoms with Crippen LogP contribution in [-0.2, 0) is 14.9 Å². The van der Waals surface area contributed by atoms with Crippen molar-refractivity contribution in [2.45, 2.75) is 38.6 Å². The van der Waals surface area contributed by atoms with Crippen molar-refractivity contribution >= 4 is 41.2 Å². The lowest BCUT2D eigenvalue weighted by atomic mass is 9.63. The van der Waals surface area contributed by atoms with Gasteiger partial charge in [0.15, 0.2) is 0 Å². The Hall–Kier alpha value is -3.73. The molecule has 3 atom stereocenters. The number of likely N-dealkylation sites (tertiary alicyclic amines) is 1. The van der Waals surface area contributed by atoms with E-state index >= 15 is 8.78 Å². The molecule has 1 aliphatic heterocycles. The number of ether oxygens (including phenoxy) is 1. The van der Waals surface area contributed by atoms with Crippen LogP contribution in [0.5, 0.6) is 0 Å². The SMILES string of the molecule is COC(=O)c1ccc(C=CC(=O)N2C[C@@H](CC(C)(C)C)[C@](C#N)(c3ccc(Cl)cc3F)[C@H]2c2cccc(Cl)c2F)cc1. The summed E-state index contributed by atoms with van der Waals surface area (Å²) >= 11 is 12.3. The van der Waals surface area contributed by atoms with Crippen LogP contribution in [0.2, 0.25) is 10.0 Å². The minimum Gasteiger partial charge on any atom is -0.465 e. The molecular formula is C33H30Cl2F2N2O3. The highest BCUT2D eigenvalue weighted by molar-refractivity contribution is 6.31. The van der Waals surface area contributed by atoms with E-state index < -0.39 is 40.9 Å². The minimum absolute atomic E-state index is 0.0130. The zero-order valence-electron chi connectivity index (χ0n) is 23.6. The van der Waals surface area contributed by atoms with E-state index in [9.17, 15) is 14.9 Å². The number of esters is 1. The summed E-state index contributed by atoms with van der Waals surface area (Å²) in [4.78, 5) is 27.1. The van der Waals surface area contributed by atoms with E-state index in [2.05, 4.69) is 6.07 Å². The number of rotatable bonds is 6. The van der Waals surface area contributed by atoms with Gasteiger partial charge in [-0.05, 0) is 53.8 Å². The van der Waals surface area contributed by atoms with E-state index in [1.807, 2.05) is 20.8 Å². The molecule has 1 amide bonds. The molecule has 1 saturated heterocycles. The van der Waals surface area contributed by atoms with E-state index in [0.29, 0.717) is 17.5 Å². The van der Waals surface area contributed by atoms with Gasteiger partial charge in [-0.2, -0.15) is 5.26 Å². The molecule has 0 N–H and O–H groups in total. The smallest absolute Gasteiger partial charge is 0.337 e. The fourth-order valence-electron chi connectivity index (χ4n) is 5.80. The number of benzene rings is 3. The van der Waals surface area contributed by atoms with Gasteiger partial charge < -0.3 is 9.64 Å². The third-order valence-electron chi connectivity index (χ3n) is 7.53. The first-order valence-electron chi connectivity index (χ1n) is 13.3. The number of nitrogens with zero attached hydrogens (tertiary/aromatic N) is 2. The maximum absolute atomic E-state index is 15.7. The van der Waals surface area contributed by atoms with Crippen LogP contribution in [0.4, 0.5) is 8.78 Å². The molecular weight excluding hydrogens is 581 g/mol. The van der Waals surface area contributed by atoms with Crippen LogP contribution in [-0.4, -0.2) is 30.4 Å². The second-order valence-electron chi connectivity index (χ2n) is 11.5. The highest BCUT2D eigenvalue weighted by atomic mass is 35.5. The largest absolute Gasteiger partial charge is 0.465 e. The average molecular weight is 612 g/mol. The predicted octanol–water partition coefficient (Wildman–Crippen LogP) is 8.17. The molecule has 3 aromatic rings. The van der Waals surface area contributed by atoms with Gasteiger partial charge in [0, 0.05) is 34.7 Å². The molecule has 9 heteroatoms.